The zero-order valence-electron chi connectivity index (χ0n) is 26.9. The number of hydrogen-bond acceptors (Lipinski definition) is 7. The number of fused-ring (bicyclic) bond motifs is 3. The van der Waals surface area contributed by atoms with Crippen LogP contribution in [0.2, 0.25) is 0 Å². The molecule has 0 saturated heterocycles. The van der Waals surface area contributed by atoms with Crippen molar-refractivity contribution in [1.29, 1.82) is 0 Å². The quantitative estimate of drug-likeness (QED) is 0.0381. The number of para-hydroxylation sites is 1. The molecule has 1 aromatic heterocycles. The first-order chi connectivity index (χ1) is 20.0. The van der Waals surface area contributed by atoms with Crippen LogP contribution in [0, 0.1) is 10.1 Å². The van der Waals surface area contributed by atoms with Crippen LogP contribution in [-0.4, -0.2) is 38.6 Å². The Balaban J connectivity index is -0.000000300. The van der Waals surface area contributed by atoms with Crippen LogP contribution >= 0.6 is 0 Å². The number of aromatic nitrogens is 1. The summed E-state index contributed by atoms with van der Waals surface area (Å²) in [6.07, 6.45) is 23.6. The Morgan fingerprint density at radius 3 is 1.50 bits per heavy atom. The van der Waals surface area contributed by atoms with Gasteiger partial charge in [0.1, 0.15) is 0 Å². The van der Waals surface area contributed by atoms with Gasteiger partial charge in [-0.15, -0.1) is 10.1 Å². The van der Waals surface area contributed by atoms with Gasteiger partial charge in [0.2, 0.25) is 0 Å². The second-order valence-electron chi connectivity index (χ2n) is 10.0. The molecule has 3 rings (SSSR count). The number of carboxylic acids is 1. The predicted molar refractivity (Wildman–Crippen MR) is 178 cm³/mol. The minimum absolute atomic E-state index is 0. The van der Waals surface area contributed by atoms with Crippen LogP contribution in [-0.2, 0) is 25.9 Å². The van der Waals surface area contributed by atoms with Gasteiger partial charge in [-0.2, -0.15) is 0 Å². The van der Waals surface area contributed by atoms with Crippen LogP contribution < -0.4 is 12.3 Å². The summed E-state index contributed by atoms with van der Waals surface area (Å²) in [5.41, 5.74) is 1.06. The van der Waals surface area contributed by atoms with Crippen LogP contribution in [0.5, 0.6) is 0 Å². The molecule has 0 aliphatic heterocycles. The molecule has 9 N–H and O–H groups in total. The maximum Gasteiger partial charge on any atom is 4.00 e. The molecule has 0 spiro atoms. The van der Waals surface area contributed by atoms with E-state index >= 15 is 0 Å². The third-order valence-corrected chi connectivity index (χ3v) is 6.74. The predicted octanol–water partition coefficient (Wildman–Crippen LogP) is 9.69. The maximum absolute atomic E-state index is 10.3. The van der Waals surface area contributed by atoms with E-state index in [0.29, 0.717) is 6.42 Å². The summed E-state index contributed by atoms with van der Waals surface area (Å²) in [6.45, 7) is 2.27. The number of carboxylic acid groups (broad SMARTS) is 1. The van der Waals surface area contributed by atoms with Gasteiger partial charge in [0.05, 0.1) is 5.52 Å². The minimum Gasteiger partial charge on any atom is -0.481 e. The molecule has 252 valence electrons. The number of unbranched alkanes of at least 4 members (excludes halogenated alkanes) is 15. The Morgan fingerprint density at radius 1 is 0.705 bits per heavy atom. The molecule has 0 aliphatic rings. The number of aliphatic hydroxyl groups is 1. The van der Waals surface area contributed by atoms with Gasteiger partial charge >= 0.3 is 27.0 Å². The van der Waals surface area contributed by atoms with Gasteiger partial charge in [0.15, 0.2) is 0 Å². The van der Waals surface area contributed by atoms with E-state index in [4.69, 9.17) is 25.5 Å². The molecule has 0 saturated carbocycles. The summed E-state index contributed by atoms with van der Waals surface area (Å²) < 4.78 is 0. The van der Waals surface area contributed by atoms with E-state index in [1.807, 2.05) is 24.4 Å². The number of pyridine rings is 1. The van der Waals surface area contributed by atoms with Crippen LogP contribution in [0.1, 0.15) is 116 Å². The van der Waals surface area contributed by atoms with Gasteiger partial charge in [-0.25, -0.2) is 0 Å². The Bertz CT molecular complexity index is 1020. The first kappa shape index (κ1) is 48.3. The number of rotatable bonds is 17. The molecule has 44 heavy (non-hydrogen) atoms. The third-order valence-electron chi connectivity index (χ3n) is 6.74. The van der Waals surface area contributed by atoms with Crippen molar-refractivity contribution in [2.24, 2.45) is 0 Å². The second-order valence-corrected chi connectivity index (χ2v) is 10.0. The summed E-state index contributed by atoms with van der Waals surface area (Å²) in [5.74, 6) is -0.652. The van der Waals surface area contributed by atoms with Crippen LogP contribution in [0.4, 0.5) is 0 Å². The maximum atomic E-state index is 10.3. The normalized spacial score (nSPS) is 9.34. The molecule has 0 bridgehead atoms. The fourth-order valence-corrected chi connectivity index (χ4v) is 4.63. The third kappa shape index (κ3) is 26.9. The Labute approximate surface area is 278 Å². The molecule has 0 fully saturated rings. The summed E-state index contributed by atoms with van der Waals surface area (Å²) in [5, 5.41) is 32.9. The molecule has 1 heterocycles. The second kappa shape index (κ2) is 34.8. The molecule has 11 heteroatoms. The van der Waals surface area contributed by atoms with Crippen LogP contribution in [0.15, 0.2) is 54.7 Å². The molecule has 0 aliphatic carbocycles. The largest absolute Gasteiger partial charge is 4.00 e. The standard InChI is InChI=1S/C19H38O2.C13H9N.CH4O.HNO3.2H3N.Pt/c1-2-3-4-5-6-7-8-9-10-11-12-13-14-15-16-17-18-19(20)21;1-2-6-11-10(5-1)9-14-13-8-4-3-7-12(11)13;1-2;2-1(3)4;;;/h2-18H2,1H3,(H,20,21);1-9H;2H,1H3;(H,2,3,4);2*1H3;/q;;;;;;+4. The molecule has 0 unspecified atom stereocenters. The molecule has 3 aromatic rings. The fourth-order valence-electron chi connectivity index (χ4n) is 4.63. The average Bonchev–Trinajstić information content (AvgIpc) is 2.98. The Hall–Kier alpha value is -2.65. The van der Waals surface area contributed by atoms with E-state index in [1.165, 1.54) is 106 Å². The first-order valence-corrected chi connectivity index (χ1v) is 15.2. The number of aliphatic carboxylic acids is 1. The summed E-state index contributed by atoms with van der Waals surface area (Å²) in [7, 11) is 1.00. The van der Waals surface area contributed by atoms with Crippen molar-refractivity contribution in [3.05, 3.63) is 64.8 Å². The molecule has 0 radical (unpaired) electrons. The molecular formula is C33H58N4O6Pt+4. The SMILES string of the molecule is CCCCCCCCCCCCCCCCCCC(=O)O.CO.N.N.O=[N+]([O-])O.[Pt+4].c1ccc2c(c1)cnc1ccccc12. The smallest absolute Gasteiger partial charge is 0.481 e. The molecule has 2 aromatic carbocycles. The topological polar surface area (TPSA) is 204 Å². The number of aliphatic hydroxyl groups excluding tert-OH is 1. The monoisotopic (exact) mass is 801 g/mol. The van der Waals surface area contributed by atoms with E-state index in [1.54, 1.807) is 0 Å². The zero-order valence-corrected chi connectivity index (χ0v) is 29.2. The number of nitrogens with zero attached hydrogens (tertiary/aromatic N) is 2. The summed E-state index contributed by atoms with van der Waals surface area (Å²) in [6, 6.07) is 16.6. The number of carbonyl (C=O) groups is 1. The minimum atomic E-state index is -1.50. The first-order valence-electron chi connectivity index (χ1n) is 15.2. The molecular weight excluding hydrogens is 743 g/mol. The number of benzene rings is 2. The van der Waals surface area contributed by atoms with Crippen molar-refractivity contribution in [3.63, 3.8) is 0 Å². The van der Waals surface area contributed by atoms with Gasteiger partial charge in [-0.1, -0.05) is 146 Å². The van der Waals surface area contributed by atoms with Gasteiger partial charge in [0, 0.05) is 30.5 Å². The number of hydrogen-bond donors (Lipinski definition) is 5. The van der Waals surface area contributed by atoms with Crippen molar-refractivity contribution in [3.8, 4) is 0 Å². The van der Waals surface area contributed by atoms with Crippen molar-refractivity contribution < 1.29 is 46.4 Å². The van der Waals surface area contributed by atoms with Gasteiger partial charge in [-0.3, -0.25) is 9.78 Å². The van der Waals surface area contributed by atoms with E-state index < -0.39 is 11.1 Å². The van der Waals surface area contributed by atoms with Crippen molar-refractivity contribution in [1.82, 2.24) is 17.3 Å². The van der Waals surface area contributed by atoms with Crippen molar-refractivity contribution in [2.45, 2.75) is 116 Å². The van der Waals surface area contributed by atoms with E-state index in [-0.39, 0.29) is 33.4 Å². The fraction of sp³-hybridized carbons (Fsp3) is 0.576. The molecule has 10 nitrogen and oxygen atoms in total. The molecule has 0 amide bonds. The van der Waals surface area contributed by atoms with Gasteiger partial charge in [-0.05, 0) is 17.9 Å². The van der Waals surface area contributed by atoms with Crippen LogP contribution in [0.25, 0.3) is 21.7 Å². The van der Waals surface area contributed by atoms with E-state index in [2.05, 4.69) is 42.2 Å². The summed E-state index contributed by atoms with van der Waals surface area (Å²) in [4.78, 5) is 23.1. The van der Waals surface area contributed by atoms with Crippen LogP contribution in [0.3, 0.4) is 0 Å². The van der Waals surface area contributed by atoms with Gasteiger partial charge in [0.25, 0.3) is 5.09 Å². The Kier molecular flexibility index (Phi) is 38.2. The summed E-state index contributed by atoms with van der Waals surface area (Å²) >= 11 is 0. The Morgan fingerprint density at radius 2 is 1.07 bits per heavy atom. The average molecular weight is 802 g/mol. The van der Waals surface area contributed by atoms with E-state index in [9.17, 15) is 4.79 Å². The van der Waals surface area contributed by atoms with E-state index in [0.717, 1.165) is 25.5 Å². The zero-order chi connectivity index (χ0) is 30.6. The van der Waals surface area contributed by atoms with Crippen molar-refractivity contribution >= 4 is 27.6 Å². The van der Waals surface area contributed by atoms with Crippen molar-refractivity contribution in [2.75, 3.05) is 7.11 Å². The molecule has 0 atom stereocenters. The van der Waals surface area contributed by atoms with Gasteiger partial charge < -0.3 is 27.7 Å².